The van der Waals surface area contributed by atoms with Gasteiger partial charge in [0.25, 0.3) is 0 Å². The number of alkyl halides is 3. The molecule has 2 aromatic rings. The molecule has 1 aliphatic heterocycles. The summed E-state index contributed by atoms with van der Waals surface area (Å²) in [6.45, 7) is 4.40. The molecule has 5 heteroatoms. The first-order valence-electron chi connectivity index (χ1n) is 8.47. The van der Waals surface area contributed by atoms with Crippen molar-refractivity contribution < 1.29 is 13.2 Å². The molecular weight excluding hydrogens is 325 g/mol. The normalized spacial score (nSPS) is 13.4. The molecule has 0 saturated carbocycles. The van der Waals surface area contributed by atoms with Crippen LogP contribution in [0.5, 0.6) is 0 Å². The van der Waals surface area contributed by atoms with Crippen molar-refractivity contribution >= 4 is 23.5 Å². The van der Waals surface area contributed by atoms with Crippen LogP contribution in [0.4, 0.5) is 24.5 Å². The summed E-state index contributed by atoms with van der Waals surface area (Å²) in [5.41, 5.74) is 2.74. The number of hydrogen-bond donors (Lipinski definition) is 1. The van der Waals surface area contributed by atoms with Crippen molar-refractivity contribution in [3.8, 4) is 0 Å². The van der Waals surface area contributed by atoms with Gasteiger partial charge < -0.3 is 10.2 Å². The molecule has 25 heavy (non-hydrogen) atoms. The van der Waals surface area contributed by atoms with Crippen LogP contribution in [0, 0.1) is 0 Å². The lowest BCUT2D eigenvalue weighted by Crippen LogP contribution is -2.24. The summed E-state index contributed by atoms with van der Waals surface area (Å²) in [5, 5.41) is 3.26. The first-order valence-corrected chi connectivity index (χ1v) is 8.47. The molecule has 1 heterocycles. The predicted octanol–water partition coefficient (Wildman–Crippen LogP) is 5.33. The zero-order valence-electron chi connectivity index (χ0n) is 14.1. The number of para-hydroxylation sites is 1. The third kappa shape index (κ3) is 3.87. The fourth-order valence-corrected chi connectivity index (χ4v) is 3.06. The van der Waals surface area contributed by atoms with E-state index < -0.39 is 11.7 Å². The molecule has 0 fully saturated rings. The Morgan fingerprint density at radius 3 is 2.40 bits per heavy atom. The van der Waals surface area contributed by atoms with Crippen molar-refractivity contribution in [3.05, 3.63) is 59.2 Å². The van der Waals surface area contributed by atoms with E-state index in [4.69, 9.17) is 0 Å². The maximum absolute atomic E-state index is 13.2. The Bertz CT molecular complexity index is 766. The molecule has 2 aromatic carbocycles. The van der Waals surface area contributed by atoms with Gasteiger partial charge in [0.15, 0.2) is 0 Å². The van der Waals surface area contributed by atoms with E-state index in [2.05, 4.69) is 5.32 Å². The van der Waals surface area contributed by atoms with Crippen LogP contribution in [0.1, 0.15) is 30.0 Å². The van der Waals surface area contributed by atoms with Gasteiger partial charge in [-0.1, -0.05) is 43.3 Å². The summed E-state index contributed by atoms with van der Waals surface area (Å²) in [6.07, 6.45) is 0.349. The van der Waals surface area contributed by atoms with Crippen LogP contribution in [0.2, 0.25) is 0 Å². The monoisotopic (exact) mass is 346 g/mol. The van der Waals surface area contributed by atoms with Gasteiger partial charge in [-0.25, -0.2) is 0 Å². The maximum atomic E-state index is 13.2. The summed E-state index contributed by atoms with van der Waals surface area (Å²) in [5.74, 6) is 0. The van der Waals surface area contributed by atoms with Crippen LogP contribution in [-0.2, 0) is 6.18 Å². The quantitative estimate of drug-likeness (QED) is 0.737. The molecular formula is C20H21F3N2. The molecule has 1 N–H and O–H groups in total. The highest BCUT2D eigenvalue weighted by molar-refractivity contribution is 5.88. The summed E-state index contributed by atoms with van der Waals surface area (Å²) >= 11 is 0. The van der Waals surface area contributed by atoms with E-state index in [0.29, 0.717) is 12.2 Å². The first kappa shape index (κ1) is 17.5. The topological polar surface area (TPSA) is 15.3 Å². The molecule has 0 saturated heterocycles. The van der Waals surface area contributed by atoms with Gasteiger partial charge >= 0.3 is 6.18 Å². The number of halogens is 3. The Hall–Kier alpha value is -2.27. The highest BCUT2D eigenvalue weighted by Crippen LogP contribution is 2.39. The zero-order chi connectivity index (χ0) is 17.9. The molecule has 0 aromatic heterocycles. The molecule has 0 bridgehead atoms. The Kier molecular flexibility index (Phi) is 5.13. The van der Waals surface area contributed by atoms with E-state index in [0.717, 1.165) is 42.4 Å². The predicted molar refractivity (Wildman–Crippen MR) is 97.0 cm³/mol. The fourth-order valence-electron chi connectivity index (χ4n) is 3.06. The molecule has 132 valence electrons. The lowest BCUT2D eigenvalue weighted by Gasteiger charge is -2.27. The number of anilines is 2. The smallest absolute Gasteiger partial charge is 0.340 e. The van der Waals surface area contributed by atoms with Crippen LogP contribution in [-0.4, -0.2) is 19.6 Å². The Labute approximate surface area is 146 Å². The lowest BCUT2D eigenvalue weighted by atomic mass is 10.1. The summed E-state index contributed by atoms with van der Waals surface area (Å²) < 4.78 is 39.6. The number of hydrogen-bond acceptors (Lipinski definition) is 2. The second kappa shape index (κ2) is 7.31. The molecule has 0 unspecified atom stereocenters. The number of rotatable bonds is 5. The molecule has 1 aliphatic rings. The van der Waals surface area contributed by atoms with Crippen molar-refractivity contribution in [2.45, 2.75) is 19.5 Å². The number of nitrogens with one attached hydrogen (secondary N) is 1. The van der Waals surface area contributed by atoms with Crippen molar-refractivity contribution in [1.82, 2.24) is 5.32 Å². The van der Waals surface area contributed by atoms with Gasteiger partial charge in [0.05, 0.1) is 5.56 Å². The van der Waals surface area contributed by atoms with Crippen LogP contribution in [0.3, 0.4) is 0 Å². The van der Waals surface area contributed by atoms with Crippen molar-refractivity contribution in [1.29, 1.82) is 0 Å². The summed E-state index contributed by atoms with van der Waals surface area (Å²) in [6, 6.07) is 11.8. The average molecular weight is 346 g/mol. The van der Waals surface area contributed by atoms with Crippen molar-refractivity contribution in [2.75, 3.05) is 24.5 Å². The van der Waals surface area contributed by atoms with Gasteiger partial charge in [0.2, 0.25) is 0 Å². The van der Waals surface area contributed by atoms with E-state index in [1.165, 1.54) is 6.07 Å². The third-order valence-corrected chi connectivity index (χ3v) is 4.30. The maximum Gasteiger partial charge on any atom is 0.416 e. The first-order chi connectivity index (χ1) is 12.0. The minimum absolute atomic E-state index is 0.604. The van der Waals surface area contributed by atoms with Crippen LogP contribution < -0.4 is 10.2 Å². The van der Waals surface area contributed by atoms with E-state index in [1.54, 1.807) is 6.07 Å². The van der Waals surface area contributed by atoms with Gasteiger partial charge in [-0.3, -0.25) is 0 Å². The number of fused-ring (bicyclic) bond motifs is 2. The van der Waals surface area contributed by atoms with E-state index in [-0.39, 0.29) is 0 Å². The van der Waals surface area contributed by atoms with Gasteiger partial charge in [-0.05, 0) is 48.8 Å². The Morgan fingerprint density at radius 1 is 0.960 bits per heavy atom. The van der Waals surface area contributed by atoms with E-state index in [1.807, 2.05) is 48.2 Å². The van der Waals surface area contributed by atoms with Gasteiger partial charge in [-0.2, -0.15) is 13.2 Å². The highest BCUT2D eigenvalue weighted by atomic mass is 19.4. The van der Waals surface area contributed by atoms with Crippen molar-refractivity contribution in [3.63, 3.8) is 0 Å². The molecule has 0 aliphatic carbocycles. The van der Waals surface area contributed by atoms with Crippen LogP contribution in [0.15, 0.2) is 42.5 Å². The second-order valence-electron chi connectivity index (χ2n) is 6.02. The standard InChI is InChI=1S/C20H21F3N2/c1-2-24-12-5-13-25-18-7-4-3-6-15(18)8-9-16-10-11-17(14-19(16)25)20(21,22)23/h3-4,6-11,14,24H,2,5,12-13H2,1H3. The van der Waals surface area contributed by atoms with E-state index >= 15 is 0 Å². The Balaban J connectivity index is 2.03. The minimum Gasteiger partial charge on any atom is -0.340 e. The number of nitrogens with zero attached hydrogens (tertiary/aromatic N) is 1. The number of benzene rings is 2. The van der Waals surface area contributed by atoms with Crippen LogP contribution >= 0.6 is 0 Å². The fraction of sp³-hybridized carbons (Fsp3) is 0.300. The zero-order valence-corrected chi connectivity index (χ0v) is 14.1. The third-order valence-electron chi connectivity index (χ3n) is 4.30. The molecule has 2 nitrogen and oxygen atoms in total. The van der Waals surface area contributed by atoms with Gasteiger partial charge in [-0.15, -0.1) is 0 Å². The van der Waals surface area contributed by atoms with Crippen LogP contribution in [0.25, 0.3) is 12.2 Å². The molecule has 0 radical (unpaired) electrons. The van der Waals surface area contributed by atoms with Gasteiger partial charge in [0, 0.05) is 17.9 Å². The van der Waals surface area contributed by atoms with Gasteiger partial charge in [0.1, 0.15) is 0 Å². The highest BCUT2D eigenvalue weighted by Gasteiger charge is 2.32. The second-order valence-corrected chi connectivity index (χ2v) is 6.02. The molecule has 3 rings (SSSR count). The SMILES string of the molecule is CCNCCCN1c2ccccc2C=Cc2ccc(C(F)(F)F)cc21. The molecule has 0 amide bonds. The summed E-state index contributed by atoms with van der Waals surface area (Å²) in [7, 11) is 0. The molecule has 0 spiro atoms. The van der Waals surface area contributed by atoms with Crippen molar-refractivity contribution in [2.24, 2.45) is 0 Å². The lowest BCUT2D eigenvalue weighted by molar-refractivity contribution is -0.137. The van der Waals surface area contributed by atoms with E-state index in [9.17, 15) is 13.2 Å². The molecule has 0 atom stereocenters. The summed E-state index contributed by atoms with van der Waals surface area (Å²) in [4.78, 5) is 2.00. The minimum atomic E-state index is -4.35. The average Bonchev–Trinajstić information content (AvgIpc) is 2.75. The largest absolute Gasteiger partial charge is 0.416 e. The Morgan fingerprint density at radius 2 is 1.68 bits per heavy atom.